The van der Waals surface area contributed by atoms with Gasteiger partial charge in [0, 0.05) is 17.8 Å². The molecular formula is C24H22F9O6S-. The molecule has 0 saturated heterocycles. The Morgan fingerprint density at radius 3 is 2.23 bits per heavy atom. The monoisotopic (exact) mass is 609 g/mol. The number of benzene rings is 1. The third-order valence-electron chi connectivity index (χ3n) is 8.60. The van der Waals surface area contributed by atoms with Crippen molar-refractivity contribution in [3.63, 3.8) is 0 Å². The normalized spacial score (nSPS) is 29.4. The molecule has 3 aliphatic carbocycles. The zero-order valence-corrected chi connectivity index (χ0v) is 21.4. The van der Waals surface area contributed by atoms with Crippen LogP contribution in [0.15, 0.2) is 18.2 Å². The Bertz CT molecular complexity index is 1330. The van der Waals surface area contributed by atoms with Gasteiger partial charge in [-0.25, -0.2) is 0 Å². The number of fused-ring (bicyclic) bond motifs is 5. The quantitative estimate of drug-likeness (QED) is 0.331. The van der Waals surface area contributed by atoms with E-state index in [4.69, 9.17) is 0 Å². The predicted molar refractivity (Wildman–Crippen MR) is 115 cm³/mol. The molecule has 0 heterocycles. The summed E-state index contributed by atoms with van der Waals surface area (Å²) in [5.41, 5.74) is -0.0409. The Morgan fingerprint density at radius 1 is 1.02 bits per heavy atom. The SMILES string of the molecule is C[C@]12C[C@@H](CC(=O)[O-])[C@@H]3c4ccc(OS(=O)(=O)C(F)(F)C(F)(F)C(F)(F)C(F)(F)F)cc4CC[C@H]3[C@@H]1CCC2=O. The van der Waals surface area contributed by atoms with Gasteiger partial charge in [-0.3, -0.25) is 4.79 Å². The van der Waals surface area contributed by atoms with E-state index in [1.807, 2.05) is 0 Å². The highest BCUT2D eigenvalue weighted by Gasteiger charge is 2.86. The fraction of sp³-hybridized carbons (Fsp3) is 0.667. The van der Waals surface area contributed by atoms with Crippen molar-refractivity contribution in [1.29, 1.82) is 0 Å². The number of hydrogen-bond donors (Lipinski definition) is 0. The highest BCUT2D eigenvalue weighted by atomic mass is 32.2. The van der Waals surface area contributed by atoms with E-state index in [-0.39, 0.29) is 36.0 Å². The van der Waals surface area contributed by atoms with Crippen LogP contribution in [0.3, 0.4) is 0 Å². The molecule has 40 heavy (non-hydrogen) atoms. The molecule has 0 N–H and O–H groups in total. The Balaban J connectivity index is 1.67. The Hall–Kier alpha value is -2.52. The van der Waals surface area contributed by atoms with Crippen molar-refractivity contribution in [2.75, 3.05) is 0 Å². The number of carboxylic acids is 1. The van der Waals surface area contributed by atoms with Crippen molar-refractivity contribution in [2.24, 2.45) is 23.2 Å². The summed E-state index contributed by atoms with van der Waals surface area (Å²) in [4.78, 5) is 24.2. The number of carboxylic acid groups (broad SMARTS) is 1. The highest BCUT2D eigenvalue weighted by Crippen LogP contribution is 2.62. The number of carbonyl (C=O) groups excluding carboxylic acids is 2. The van der Waals surface area contributed by atoms with Crippen molar-refractivity contribution in [1.82, 2.24) is 0 Å². The summed E-state index contributed by atoms with van der Waals surface area (Å²) in [6.07, 6.45) is -6.03. The minimum atomic E-state index is -7.43. The van der Waals surface area contributed by atoms with E-state index in [1.165, 1.54) is 6.07 Å². The fourth-order valence-electron chi connectivity index (χ4n) is 6.79. The molecule has 0 spiro atoms. The van der Waals surface area contributed by atoms with Crippen molar-refractivity contribution in [3.8, 4) is 5.75 Å². The summed E-state index contributed by atoms with van der Waals surface area (Å²) in [5, 5.41) is 4.51. The van der Waals surface area contributed by atoms with Gasteiger partial charge < -0.3 is 14.1 Å². The molecule has 0 amide bonds. The lowest BCUT2D eigenvalue weighted by molar-refractivity contribution is -0.382. The maximum atomic E-state index is 14.1. The van der Waals surface area contributed by atoms with Crippen LogP contribution in [0.2, 0.25) is 0 Å². The summed E-state index contributed by atoms with van der Waals surface area (Å²) >= 11 is 0. The summed E-state index contributed by atoms with van der Waals surface area (Å²) in [6.45, 7) is 1.78. The first-order valence-electron chi connectivity index (χ1n) is 12.1. The molecule has 1 aromatic rings. The first-order chi connectivity index (χ1) is 18.1. The lowest BCUT2D eigenvalue weighted by Gasteiger charge is -2.52. The number of halogens is 9. The average molecular weight is 609 g/mol. The molecule has 2 saturated carbocycles. The predicted octanol–water partition coefficient (Wildman–Crippen LogP) is 4.61. The van der Waals surface area contributed by atoms with Gasteiger partial charge in [-0.2, -0.15) is 47.9 Å². The van der Waals surface area contributed by atoms with Crippen LogP contribution in [0, 0.1) is 23.2 Å². The number of Topliss-reactive ketones (excluding diaryl/α,β-unsaturated/α-hetero) is 1. The molecule has 224 valence electrons. The zero-order valence-electron chi connectivity index (χ0n) is 20.5. The molecule has 0 bridgehead atoms. The number of hydrogen-bond acceptors (Lipinski definition) is 6. The van der Waals surface area contributed by atoms with E-state index in [0.717, 1.165) is 12.1 Å². The second-order valence-corrected chi connectivity index (χ2v) is 12.4. The third-order valence-corrected chi connectivity index (χ3v) is 9.89. The number of ketones is 1. The van der Waals surface area contributed by atoms with Crippen LogP contribution in [-0.4, -0.2) is 43.4 Å². The van der Waals surface area contributed by atoms with Crippen LogP contribution in [-0.2, 0) is 26.1 Å². The molecule has 5 atom stereocenters. The lowest BCUT2D eigenvalue weighted by atomic mass is 9.51. The van der Waals surface area contributed by atoms with Crippen molar-refractivity contribution in [2.45, 2.75) is 74.6 Å². The molecule has 3 aliphatic rings. The van der Waals surface area contributed by atoms with Gasteiger partial charge in [-0.15, -0.1) is 0 Å². The van der Waals surface area contributed by atoms with Crippen LogP contribution in [0.4, 0.5) is 39.5 Å². The van der Waals surface area contributed by atoms with E-state index >= 15 is 0 Å². The van der Waals surface area contributed by atoms with Crippen molar-refractivity contribution < 1.29 is 66.8 Å². The molecule has 0 aliphatic heterocycles. The van der Waals surface area contributed by atoms with Crippen molar-refractivity contribution >= 4 is 21.9 Å². The van der Waals surface area contributed by atoms with Gasteiger partial charge in [-0.05, 0) is 79.0 Å². The maximum absolute atomic E-state index is 14.1. The van der Waals surface area contributed by atoms with Gasteiger partial charge >= 0.3 is 33.4 Å². The largest absolute Gasteiger partial charge is 0.550 e. The molecule has 4 rings (SSSR count). The summed E-state index contributed by atoms with van der Waals surface area (Å²) in [5.74, 6) is -18.6. The van der Waals surface area contributed by atoms with Crippen molar-refractivity contribution in [3.05, 3.63) is 29.3 Å². The first-order valence-corrected chi connectivity index (χ1v) is 13.5. The first kappa shape index (κ1) is 30.4. The number of aryl methyl sites for hydroxylation is 1. The van der Waals surface area contributed by atoms with Gasteiger partial charge in [0.2, 0.25) is 0 Å². The molecule has 16 heteroatoms. The summed E-state index contributed by atoms with van der Waals surface area (Å²) in [7, 11) is -7.10. The Kier molecular flexibility index (Phi) is 7.03. The molecule has 2 fully saturated rings. The topological polar surface area (TPSA) is 101 Å². The van der Waals surface area contributed by atoms with Gasteiger partial charge in [0.15, 0.2) is 0 Å². The van der Waals surface area contributed by atoms with Gasteiger partial charge in [0.05, 0.1) is 0 Å². The minimum absolute atomic E-state index is 0.00730. The summed E-state index contributed by atoms with van der Waals surface area (Å²) in [6, 6.07) is 2.76. The Morgan fingerprint density at radius 2 is 1.65 bits per heavy atom. The molecule has 0 aromatic heterocycles. The van der Waals surface area contributed by atoms with Crippen LogP contribution in [0.5, 0.6) is 5.75 Å². The van der Waals surface area contributed by atoms with Crippen LogP contribution in [0.25, 0.3) is 0 Å². The standard InChI is InChI=1S/C24H23F9O6S/c1-20-10-12(9-18(35)36)19-14-5-3-13(8-11(14)2-4-15(19)16(20)6-7-17(20)34)39-40(37,38)24(32,33)22(27,28)21(25,26)23(29,30)31/h3,5,8,12,15-16,19H,2,4,6-7,9-10H2,1H3,(H,35,36)/p-1/t12-,15+,16+,19-,20+/m1/s1. The van der Waals surface area contributed by atoms with Gasteiger partial charge in [0.25, 0.3) is 0 Å². The average Bonchev–Trinajstić information content (AvgIpc) is 3.10. The van der Waals surface area contributed by atoms with Crippen LogP contribution in [0.1, 0.15) is 56.1 Å². The van der Waals surface area contributed by atoms with Crippen LogP contribution >= 0.6 is 0 Å². The number of aliphatic carboxylic acids is 1. The number of alkyl halides is 9. The zero-order chi connectivity index (χ0) is 30.3. The maximum Gasteiger partial charge on any atom is 0.460 e. The van der Waals surface area contributed by atoms with Gasteiger partial charge in [0.1, 0.15) is 11.5 Å². The third kappa shape index (κ3) is 4.35. The highest BCUT2D eigenvalue weighted by molar-refractivity contribution is 7.88. The fourth-order valence-corrected chi connectivity index (χ4v) is 7.70. The lowest BCUT2D eigenvalue weighted by Crippen LogP contribution is -2.63. The minimum Gasteiger partial charge on any atom is -0.550 e. The molecule has 0 unspecified atom stereocenters. The second kappa shape index (κ2) is 9.24. The number of rotatable bonds is 7. The van der Waals surface area contributed by atoms with Gasteiger partial charge in [-0.1, -0.05) is 13.0 Å². The molecule has 1 aromatic carbocycles. The smallest absolute Gasteiger partial charge is 0.460 e. The Labute approximate surface area is 222 Å². The second-order valence-electron chi connectivity index (χ2n) is 10.8. The molecular weight excluding hydrogens is 587 g/mol. The van der Waals surface area contributed by atoms with E-state index < -0.39 is 68.8 Å². The van der Waals surface area contributed by atoms with E-state index in [1.54, 1.807) is 6.92 Å². The number of carbonyl (C=O) groups is 2. The molecule has 0 radical (unpaired) electrons. The molecule has 6 nitrogen and oxygen atoms in total. The van der Waals surface area contributed by atoms with E-state index in [9.17, 15) is 62.6 Å². The van der Waals surface area contributed by atoms with Crippen LogP contribution < -0.4 is 9.29 Å². The van der Waals surface area contributed by atoms with E-state index in [0.29, 0.717) is 24.8 Å². The summed E-state index contributed by atoms with van der Waals surface area (Å²) < 4.78 is 147. The van der Waals surface area contributed by atoms with E-state index in [2.05, 4.69) is 4.18 Å².